The maximum atomic E-state index is 13.1. The highest BCUT2D eigenvalue weighted by atomic mass is 16.3. The summed E-state index contributed by atoms with van der Waals surface area (Å²) in [6.07, 6.45) is 9.52. The molecule has 3 N–H and O–H groups in total. The molecule has 7 nitrogen and oxygen atoms in total. The summed E-state index contributed by atoms with van der Waals surface area (Å²) in [5, 5.41) is 15.6. The molecule has 31 heavy (non-hydrogen) atoms. The van der Waals surface area contributed by atoms with Gasteiger partial charge in [0.05, 0.1) is 6.10 Å². The van der Waals surface area contributed by atoms with Crippen molar-refractivity contribution in [2.75, 3.05) is 13.1 Å². The van der Waals surface area contributed by atoms with Crippen molar-refractivity contribution in [3.63, 3.8) is 0 Å². The van der Waals surface area contributed by atoms with E-state index < -0.39 is 6.10 Å². The fraction of sp³-hybridized carbons (Fsp3) is 0.625. The van der Waals surface area contributed by atoms with Crippen molar-refractivity contribution in [2.24, 2.45) is 23.2 Å². The number of nitrogens with zero attached hydrogens (tertiary/aromatic N) is 2. The minimum atomic E-state index is -0.577. The number of aliphatic hydroxyl groups excluding tert-OH is 1. The lowest BCUT2D eigenvalue weighted by Gasteiger charge is -2.56. The van der Waals surface area contributed by atoms with Crippen molar-refractivity contribution in [3.8, 4) is 0 Å². The van der Waals surface area contributed by atoms with E-state index in [4.69, 9.17) is 0 Å². The Balaban J connectivity index is 1.29. The standard InChI is InChI=1S/C24H32N4O3/c1-2-18(29)12-25-22(30)19-13-28-20(4-3-5-21(28)27-19)23(31)26-14-24-9-15-6-16(10-24)8-17(7-15)11-24/h3-5,13,15-18,29H,2,6-12,14H2,1H3,(H,25,30)(H,26,31). The summed E-state index contributed by atoms with van der Waals surface area (Å²) in [4.78, 5) is 29.9. The van der Waals surface area contributed by atoms with Crippen molar-refractivity contribution in [1.82, 2.24) is 20.0 Å². The van der Waals surface area contributed by atoms with E-state index >= 15 is 0 Å². The molecule has 7 heteroatoms. The molecule has 0 saturated heterocycles. The van der Waals surface area contributed by atoms with Gasteiger partial charge < -0.3 is 15.7 Å². The maximum absolute atomic E-state index is 13.1. The molecule has 1 unspecified atom stereocenters. The second kappa shape index (κ2) is 7.93. The van der Waals surface area contributed by atoms with Crippen molar-refractivity contribution in [1.29, 1.82) is 0 Å². The highest BCUT2D eigenvalue weighted by Crippen LogP contribution is 2.59. The van der Waals surface area contributed by atoms with Crippen LogP contribution in [-0.4, -0.2) is 45.5 Å². The number of carbonyl (C=O) groups excluding carboxylic acids is 2. The van der Waals surface area contributed by atoms with Crippen LogP contribution in [0.15, 0.2) is 24.4 Å². The number of rotatable bonds is 7. The Morgan fingerprint density at radius 1 is 1.13 bits per heavy atom. The topological polar surface area (TPSA) is 95.7 Å². The van der Waals surface area contributed by atoms with E-state index in [1.165, 1.54) is 38.5 Å². The first-order valence-electron chi connectivity index (χ1n) is 11.7. The molecule has 2 aromatic rings. The number of aromatic nitrogens is 2. The van der Waals surface area contributed by atoms with Crippen LogP contribution in [-0.2, 0) is 0 Å². The molecule has 4 fully saturated rings. The number of pyridine rings is 1. The number of imidazole rings is 1. The molecule has 4 aliphatic carbocycles. The Labute approximate surface area is 182 Å². The lowest BCUT2D eigenvalue weighted by Crippen LogP contribution is -2.51. The lowest BCUT2D eigenvalue weighted by atomic mass is 9.49. The highest BCUT2D eigenvalue weighted by molar-refractivity contribution is 5.95. The second-order valence-electron chi connectivity index (χ2n) is 10.1. The zero-order valence-corrected chi connectivity index (χ0v) is 18.1. The number of fused-ring (bicyclic) bond motifs is 1. The number of amides is 2. The van der Waals surface area contributed by atoms with Crippen LogP contribution in [0, 0.1) is 23.2 Å². The van der Waals surface area contributed by atoms with E-state index in [2.05, 4.69) is 15.6 Å². The summed E-state index contributed by atoms with van der Waals surface area (Å²) in [6.45, 7) is 2.78. The molecule has 4 aliphatic rings. The zero-order valence-electron chi connectivity index (χ0n) is 18.1. The first-order valence-corrected chi connectivity index (χ1v) is 11.7. The SMILES string of the molecule is CCC(O)CNC(=O)c1cn2c(C(=O)NCC34CC5CC(CC(C5)C3)C4)cccc2n1. The third-order valence-electron chi connectivity index (χ3n) is 7.72. The molecule has 0 aromatic carbocycles. The van der Waals surface area contributed by atoms with Gasteiger partial charge in [-0.3, -0.25) is 14.0 Å². The molecular weight excluding hydrogens is 392 g/mol. The van der Waals surface area contributed by atoms with Crippen molar-refractivity contribution in [3.05, 3.63) is 35.8 Å². The Hall–Kier alpha value is -2.41. The molecule has 0 aliphatic heterocycles. The zero-order chi connectivity index (χ0) is 21.6. The van der Waals surface area contributed by atoms with E-state index in [1.807, 2.05) is 6.92 Å². The predicted octanol–water partition coefficient (Wildman–Crippen LogP) is 2.78. The van der Waals surface area contributed by atoms with E-state index in [0.29, 0.717) is 17.8 Å². The van der Waals surface area contributed by atoms with E-state index in [0.717, 1.165) is 24.3 Å². The molecule has 2 aromatic heterocycles. The number of hydrogen-bond donors (Lipinski definition) is 3. The summed E-state index contributed by atoms with van der Waals surface area (Å²) in [5.41, 5.74) is 1.56. The van der Waals surface area contributed by atoms with Crippen LogP contribution >= 0.6 is 0 Å². The quantitative estimate of drug-likeness (QED) is 0.637. The summed E-state index contributed by atoms with van der Waals surface area (Å²) in [6, 6.07) is 5.35. The Kier molecular flexibility index (Phi) is 5.24. The fourth-order valence-corrected chi connectivity index (χ4v) is 6.62. The van der Waals surface area contributed by atoms with E-state index in [1.54, 1.807) is 28.8 Å². The maximum Gasteiger partial charge on any atom is 0.271 e. The van der Waals surface area contributed by atoms with Crippen molar-refractivity contribution < 1.29 is 14.7 Å². The van der Waals surface area contributed by atoms with Crippen molar-refractivity contribution >= 4 is 17.5 Å². The highest BCUT2D eigenvalue weighted by Gasteiger charge is 2.50. The van der Waals surface area contributed by atoms with Gasteiger partial charge in [0.1, 0.15) is 17.0 Å². The molecule has 1 atom stereocenters. The summed E-state index contributed by atoms with van der Waals surface area (Å²) in [7, 11) is 0. The first kappa shape index (κ1) is 20.5. The normalized spacial score (nSPS) is 29.8. The summed E-state index contributed by atoms with van der Waals surface area (Å²) >= 11 is 0. The van der Waals surface area contributed by atoms with Gasteiger partial charge >= 0.3 is 0 Å². The summed E-state index contributed by atoms with van der Waals surface area (Å²) < 4.78 is 1.68. The molecule has 6 rings (SSSR count). The van der Waals surface area contributed by atoms with Gasteiger partial charge in [-0.2, -0.15) is 0 Å². The number of nitrogens with one attached hydrogen (secondary N) is 2. The van der Waals surface area contributed by atoms with E-state index in [9.17, 15) is 14.7 Å². The first-order chi connectivity index (χ1) is 14.9. The smallest absolute Gasteiger partial charge is 0.271 e. The molecule has 4 saturated carbocycles. The van der Waals surface area contributed by atoms with Gasteiger partial charge in [0.25, 0.3) is 11.8 Å². The Morgan fingerprint density at radius 2 is 1.81 bits per heavy atom. The fourth-order valence-electron chi connectivity index (χ4n) is 6.62. The molecular formula is C24H32N4O3. The lowest BCUT2D eigenvalue weighted by molar-refractivity contribution is -0.0503. The largest absolute Gasteiger partial charge is 0.391 e. The molecule has 0 spiro atoms. The average molecular weight is 425 g/mol. The van der Waals surface area contributed by atoms with Gasteiger partial charge in [-0.1, -0.05) is 13.0 Å². The van der Waals surface area contributed by atoms with Gasteiger partial charge in [-0.15, -0.1) is 0 Å². The van der Waals surface area contributed by atoms with Gasteiger partial charge in [-0.25, -0.2) is 4.98 Å². The molecule has 166 valence electrons. The Bertz CT molecular complexity index is 963. The third kappa shape index (κ3) is 3.95. The van der Waals surface area contributed by atoms with Crippen LogP contribution in [0.4, 0.5) is 0 Å². The second-order valence-corrected chi connectivity index (χ2v) is 10.1. The van der Waals surface area contributed by atoms with Crippen LogP contribution in [0.2, 0.25) is 0 Å². The molecule has 4 bridgehead atoms. The number of aliphatic hydroxyl groups is 1. The Morgan fingerprint density at radius 3 is 2.45 bits per heavy atom. The minimum Gasteiger partial charge on any atom is -0.391 e. The van der Waals surface area contributed by atoms with Crippen LogP contribution < -0.4 is 10.6 Å². The minimum absolute atomic E-state index is 0.118. The molecule has 2 heterocycles. The van der Waals surface area contributed by atoms with Gasteiger partial charge in [0, 0.05) is 19.3 Å². The molecule has 2 amide bonds. The third-order valence-corrected chi connectivity index (χ3v) is 7.72. The van der Waals surface area contributed by atoms with Crippen molar-refractivity contribution in [2.45, 2.75) is 58.0 Å². The number of hydrogen-bond acceptors (Lipinski definition) is 4. The summed E-state index contributed by atoms with van der Waals surface area (Å²) in [5.74, 6) is 2.09. The van der Waals surface area contributed by atoms with Crippen LogP contribution in [0.5, 0.6) is 0 Å². The molecule has 0 radical (unpaired) electrons. The van der Waals surface area contributed by atoms with Crippen LogP contribution in [0.3, 0.4) is 0 Å². The average Bonchev–Trinajstić information content (AvgIpc) is 3.19. The predicted molar refractivity (Wildman–Crippen MR) is 117 cm³/mol. The van der Waals surface area contributed by atoms with Gasteiger partial charge in [-0.05, 0) is 80.2 Å². The van der Waals surface area contributed by atoms with Crippen LogP contribution in [0.1, 0.15) is 72.8 Å². The van der Waals surface area contributed by atoms with E-state index in [-0.39, 0.29) is 29.5 Å². The number of carbonyl (C=O) groups is 2. The monoisotopic (exact) mass is 424 g/mol. The van der Waals surface area contributed by atoms with Gasteiger partial charge in [0.2, 0.25) is 0 Å². The van der Waals surface area contributed by atoms with Crippen LogP contribution in [0.25, 0.3) is 5.65 Å². The van der Waals surface area contributed by atoms with Gasteiger partial charge in [0.15, 0.2) is 0 Å².